The number of benzene rings is 1. The SMILES string of the molecule is CC(C)C[C@H](NC(=O)CCc1ccccc1)C(=O)NCc1cccnc1. The number of nitrogens with zero attached hydrogens (tertiary/aromatic N) is 1. The molecule has 1 heterocycles. The van der Waals surface area contributed by atoms with E-state index in [2.05, 4.69) is 15.6 Å². The number of carbonyl (C=O) groups is 2. The van der Waals surface area contributed by atoms with E-state index >= 15 is 0 Å². The Bertz CT molecular complexity index is 687. The molecule has 0 bridgehead atoms. The van der Waals surface area contributed by atoms with Crippen molar-refractivity contribution < 1.29 is 9.59 Å². The van der Waals surface area contributed by atoms with E-state index in [1.807, 2.05) is 56.3 Å². The maximum absolute atomic E-state index is 12.5. The van der Waals surface area contributed by atoms with Crippen molar-refractivity contribution in [2.45, 2.75) is 45.7 Å². The molecule has 0 fully saturated rings. The highest BCUT2D eigenvalue weighted by atomic mass is 16.2. The first-order chi connectivity index (χ1) is 12.5. The van der Waals surface area contributed by atoms with E-state index in [4.69, 9.17) is 0 Å². The van der Waals surface area contributed by atoms with Gasteiger partial charge in [-0.3, -0.25) is 14.6 Å². The second kappa shape index (κ2) is 10.3. The van der Waals surface area contributed by atoms with Gasteiger partial charge in [-0.2, -0.15) is 0 Å². The first-order valence-corrected chi connectivity index (χ1v) is 9.04. The first-order valence-electron chi connectivity index (χ1n) is 9.04. The van der Waals surface area contributed by atoms with Gasteiger partial charge in [0, 0.05) is 25.4 Å². The molecule has 2 aromatic rings. The second-order valence-electron chi connectivity index (χ2n) is 6.81. The minimum absolute atomic E-state index is 0.101. The quantitative estimate of drug-likeness (QED) is 0.728. The third-order valence-corrected chi connectivity index (χ3v) is 4.03. The molecule has 0 saturated heterocycles. The number of pyridine rings is 1. The lowest BCUT2D eigenvalue weighted by Gasteiger charge is -2.20. The molecule has 26 heavy (non-hydrogen) atoms. The highest BCUT2D eigenvalue weighted by molar-refractivity contribution is 5.87. The summed E-state index contributed by atoms with van der Waals surface area (Å²) in [6.45, 7) is 4.48. The van der Waals surface area contributed by atoms with Gasteiger partial charge >= 0.3 is 0 Å². The molecule has 0 unspecified atom stereocenters. The molecular weight excluding hydrogens is 326 g/mol. The van der Waals surface area contributed by atoms with Gasteiger partial charge in [0.25, 0.3) is 0 Å². The Morgan fingerprint density at radius 1 is 1.04 bits per heavy atom. The molecule has 0 radical (unpaired) electrons. The Morgan fingerprint density at radius 3 is 2.42 bits per heavy atom. The average molecular weight is 353 g/mol. The fourth-order valence-electron chi connectivity index (χ4n) is 2.69. The lowest BCUT2D eigenvalue weighted by Crippen LogP contribution is -2.47. The summed E-state index contributed by atoms with van der Waals surface area (Å²) in [4.78, 5) is 28.8. The smallest absolute Gasteiger partial charge is 0.242 e. The van der Waals surface area contributed by atoms with Crippen molar-refractivity contribution in [3.05, 3.63) is 66.0 Å². The Hall–Kier alpha value is -2.69. The highest BCUT2D eigenvalue weighted by Crippen LogP contribution is 2.07. The van der Waals surface area contributed by atoms with E-state index in [0.717, 1.165) is 11.1 Å². The van der Waals surface area contributed by atoms with Gasteiger partial charge in [0.15, 0.2) is 0 Å². The summed E-state index contributed by atoms with van der Waals surface area (Å²) in [6.07, 6.45) is 5.05. The van der Waals surface area contributed by atoms with E-state index in [1.165, 1.54) is 0 Å². The number of carbonyl (C=O) groups excluding carboxylic acids is 2. The standard InChI is InChI=1S/C21H27N3O2/c1-16(2)13-19(21(26)23-15-18-9-6-12-22-14-18)24-20(25)11-10-17-7-4-3-5-8-17/h3-9,12,14,16,19H,10-11,13,15H2,1-2H3,(H,23,26)(H,24,25)/t19-/m0/s1. The summed E-state index contributed by atoms with van der Waals surface area (Å²) in [5, 5.41) is 5.78. The summed E-state index contributed by atoms with van der Waals surface area (Å²) in [6, 6.07) is 13.1. The van der Waals surface area contributed by atoms with Crippen LogP contribution in [0.1, 0.15) is 37.8 Å². The van der Waals surface area contributed by atoms with Crippen LogP contribution in [0.4, 0.5) is 0 Å². The Balaban J connectivity index is 1.86. The van der Waals surface area contributed by atoms with Crippen LogP contribution in [-0.2, 0) is 22.6 Å². The van der Waals surface area contributed by atoms with Crippen LogP contribution in [0.15, 0.2) is 54.9 Å². The van der Waals surface area contributed by atoms with Crippen LogP contribution in [0.5, 0.6) is 0 Å². The molecule has 5 nitrogen and oxygen atoms in total. The molecule has 0 aliphatic carbocycles. The fourth-order valence-corrected chi connectivity index (χ4v) is 2.69. The zero-order chi connectivity index (χ0) is 18.8. The van der Waals surface area contributed by atoms with E-state index in [-0.39, 0.29) is 11.8 Å². The number of aryl methyl sites for hydroxylation is 1. The first kappa shape index (κ1) is 19.6. The predicted octanol–water partition coefficient (Wildman–Crippen LogP) is 2.86. The van der Waals surface area contributed by atoms with Gasteiger partial charge in [0.05, 0.1) is 0 Å². The molecule has 0 spiro atoms. The van der Waals surface area contributed by atoms with Crippen LogP contribution in [-0.4, -0.2) is 22.8 Å². The third-order valence-electron chi connectivity index (χ3n) is 4.03. The second-order valence-corrected chi connectivity index (χ2v) is 6.81. The Labute approximate surface area is 155 Å². The molecule has 1 aromatic carbocycles. The van der Waals surface area contributed by atoms with Crippen molar-refractivity contribution in [2.75, 3.05) is 0 Å². The number of hydrogen-bond acceptors (Lipinski definition) is 3. The van der Waals surface area contributed by atoms with Crippen LogP contribution in [0.3, 0.4) is 0 Å². The molecular formula is C21H27N3O2. The maximum atomic E-state index is 12.5. The summed E-state index contributed by atoms with van der Waals surface area (Å²) in [5.74, 6) is 0.0465. The van der Waals surface area contributed by atoms with Crippen LogP contribution < -0.4 is 10.6 Å². The molecule has 1 atom stereocenters. The van der Waals surface area contributed by atoms with E-state index < -0.39 is 6.04 Å². The molecule has 1 aromatic heterocycles. The third kappa shape index (κ3) is 7.05. The number of nitrogens with one attached hydrogen (secondary N) is 2. The van der Waals surface area contributed by atoms with Gasteiger partial charge in [-0.1, -0.05) is 50.2 Å². The largest absolute Gasteiger partial charge is 0.350 e. The molecule has 2 rings (SSSR count). The Kier molecular flexibility index (Phi) is 7.80. The molecule has 0 aliphatic rings. The van der Waals surface area contributed by atoms with Gasteiger partial charge in [0.2, 0.25) is 11.8 Å². The van der Waals surface area contributed by atoms with Crippen molar-refractivity contribution in [1.29, 1.82) is 0 Å². The molecule has 2 N–H and O–H groups in total. The van der Waals surface area contributed by atoms with Crippen molar-refractivity contribution in [3.63, 3.8) is 0 Å². The van der Waals surface area contributed by atoms with Crippen LogP contribution in [0.2, 0.25) is 0 Å². The summed E-state index contributed by atoms with van der Waals surface area (Å²) >= 11 is 0. The number of rotatable bonds is 9. The predicted molar refractivity (Wildman–Crippen MR) is 102 cm³/mol. The van der Waals surface area contributed by atoms with Gasteiger partial charge in [0.1, 0.15) is 6.04 Å². The number of amides is 2. The monoisotopic (exact) mass is 353 g/mol. The van der Waals surface area contributed by atoms with Crippen molar-refractivity contribution in [1.82, 2.24) is 15.6 Å². The van der Waals surface area contributed by atoms with Crippen molar-refractivity contribution >= 4 is 11.8 Å². The van der Waals surface area contributed by atoms with Gasteiger partial charge in [-0.15, -0.1) is 0 Å². The average Bonchev–Trinajstić information content (AvgIpc) is 2.65. The minimum Gasteiger partial charge on any atom is -0.350 e. The molecule has 0 aliphatic heterocycles. The van der Waals surface area contributed by atoms with Crippen molar-refractivity contribution in [2.24, 2.45) is 5.92 Å². The summed E-state index contributed by atoms with van der Waals surface area (Å²) in [7, 11) is 0. The van der Waals surface area contributed by atoms with E-state index in [9.17, 15) is 9.59 Å². The Morgan fingerprint density at radius 2 is 1.77 bits per heavy atom. The fraction of sp³-hybridized carbons (Fsp3) is 0.381. The molecule has 5 heteroatoms. The number of aromatic nitrogens is 1. The molecule has 0 saturated carbocycles. The van der Waals surface area contributed by atoms with Gasteiger partial charge in [-0.25, -0.2) is 0 Å². The topological polar surface area (TPSA) is 71.1 Å². The van der Waals surface area contributed by atoms with Gasteiger partial charge in [-0.05, 0) is 36.0 Å². The molecule has 2 amide bonds. The van der Waals surface area contributed by atoms with Crippen molar-refractivity contribution in [3.8, 4) is 0 Å². The normalized spacial score (nSPS) is 11.8. The zero-order valence-corrected chi connectivity index (χ0v) is 15.4. The van der Waals surface area contributed by atoms with E-state index in [0.29, 0.717) is 31.7 Å². The maximum Gasteiger partial charge on any atom is 0.242 e. The molecule has 138 valence electrons. The highest BCUT2D eigenvalue weighted by Gasteiger charge is 2.21. The summed E-state index contributed by atoms with van der Waals surface area (Å²) in [5.41, 5.74) is 2.05. The lowest BCUT2D eigenvalue weighted by atomic mass is 10.0. The lowest BCUT2D eigenvalue weighted by molar-refractivity contribution is -0.129. The van der Waals surface area contributed by atoms with Crippen LogP contribution in [0, 0.1) is 5.92 Å². The van der Waals surface area contributed by atoms with Crippen LogP contribution >= 0.6 is 0 Å². The minimum atomic E-state index is -0.519. The number of hydrogen-bond donors (Lipinski definition) is 2. The zero-order valence-electron chi connectivity index (χ0n) is 15.4. The van der Waals surface area contributed by atoms with Gasteiger partial charge < -0.3 is 10.6 Å². The van der Waals surface area contributed by atoms with E-state index in [1.54, 1.807) is 12.4 Å². The van der Waals surface area contributed by atoms with Crippen LogP contribution in [0.25, 0.3) is 0 Å². The summed E-state index contributed by atoms with van der Waals surface area (Å²) < 4.78 is 0.